The number of carbonyl (C=O) groups is 3. The van der Waals surface area contributed by atoms with Crippen LogP contribution in [0.4, 0.5) is 4.79 Å². The predicted molar refractivity (Wildman–Crippen MR) is 94.2 cm³/mol. The van der Waals surface area contributed by atoms with Crippen molar-refractivity contribution >= 4 is 75.0 Å². The van der Waals surface area contributed by atoms with Crippen LogP contribution in [0.25, 0.3) is 0 Å². The first kappa shape index (κ1) is 20.4. The number of halogens is 3. The Balaban J connectivity index is 2.84. The molecule has 11 heteroatoms. The molecule has 1 rings (SSSR count). The predicted octanol–water partition coefficient (Wildman–Crippen LogP) is 3.39. The molecule has 0 saturated heterocycles. The first-order valence-corrected chi connectivity index (χ1v) is 8.98. The fraction of sp³-hybridized carbons (Fsp3) is 0.417. The third-order valence-electron chi connectivity index (χ3n) is 2.49. The molecule has 0 aliphatic rings. The summed E-state index contributed by atoms with van der Waals surface area (Å²) >= 11 is 19.3. The van der Waals surface area contributed by atoms with Crippen LogP contribution in [0.3, 0.4) is 0 Å². The molecular formula is C12H13Cl3N2O4S2. The Kier molecular flexibility index (Phi) is 7.96. The summed E-state index contributed by atoms with van der Waals surface area (Å²) in [5.74, 6) is -1.29. The number of amides is 2. The molecule has 1 atom stereocenters. The van der Waals surface area contributed by atoms with E-state index >= 15 is 0 Å². The molecule has 0 aliphatic carbocycles. The molecule has 0 spiro atoms. The van der Waals surface area contributed by atoms with Crippen LogP contribution in [-0.2, 0) is 9.53 Å². The van der Waals surface area contributed by atoms with Gasteiger partial charge in [0.05, 0.1) is 17.2 Å². The second kappa shape index (κ2) is 8.98. The molecule has 0 aromatic carbocycles. The highest BCUT2D eigenvalue weighted by atomic mass is 35.5. The zero-order valence-corrected chi connectivity index (χ0v) is 16.2. The molecule has 0 fully saturated rings. The highest BCUT2D eigenvalue weighted by Gasteiger charge is 2.27. The Morgan fingerprint density at radius 2 is 1.87 bits per heavy atom. The highest BCUT2D eigenvalue weighted by molar-refractivity contribution is 8.13. The molecule has 128 valence electrons. The number of hydrogen-bond donors (Lipinski definition) is 1. The lowest BCUT2D eigenvalue weighted by Crippen LogP contribution is -2.43. The van der Waals surface area contributed by atoms with E-state index in [4.69, 9.17) is 34.8 Å². The SMILES string of the molecule is COC(=O)[C@H](CSC(=O)N(C)C)NC(=O)c1sc(Cl)c(Cl)c1Cl. The number of carbonyl (C=O) groups excluding carboxylic acids is 3. The van der Waals surface area contributed by atoms with E-state index in [1.165, 1.54) is 12.0 Å². The lowest BCUT2D eigenvalue weighted by molar-refractivity contribution is -0.142. The number of nitrogens with zero attached hydrogens (tertiary/aromatic N) is 1. The third kappa shape index (κ3) is 5.42. The zero-order chi connectivity index (χ0) is 17.7. The molecular weight excluding hydrogens is 407 g/mol. The van der Waals surface area contributed by atoms with E-state index < -0.39 is 17.9 Å². The van der Waals surface area contributed by atoms with Gasteiger partial charge in [-0.15, -0.1) is 11.3 Å². The largest absolute Gasteiger partial charge is 0.467 e. The van der Waals surface area contributed by atoms with Gasteiger partial charge < -0.3 is 15.0 Å². The zero-order valence-electron chi connectivity index (χ0n) is 12.3. The lowest BCUT2D eigenvalue weighted by atomic mass is 10.3. The van der Waals surface area contributed by atoms with Crippen LogP contribution in [0.1, 0.15) is 9.67 Å². The van der Waals surface area contributed by atoms with Crippen LogP contribution in [0.2, 0.25) is 14.4 Å². The van der Waals surface area contributed by atoms with Gasteiger partial charge >= 0.3 is 5.97 Å². The minimum Gasteiger partial charge on any atom is -0.467 e. The second-order valence-corrected chi connectivity index (χ2v) is 7.70. The van der Waals surface area contributed by atoms with Crippen LogP contribution >= 0.6 is 57.9 Å². The maximum absolute atomic E-state index is 12.2. The topological polar surface area (TPSA) is 75.7 Å². The van der Waals surface area contributed by atoms with E-state index in [1.807, 2.05) is 0 Å². The van der Waals surface area contributed by atoms with Crippen molar-refractivity contribution in [3.63, 3.8) is 0 Å². The molecule has 1 heterocycles. The van der Waals surface area contributed by atoms with Gasteiger partial charge in [0.2, 0.25) is 0 Å². The monoisotopic (exact) mass is 418 g/mol. The molecule has 1 aromatic rings. The van der Waals surface area contributed by atoms with Crippen molar-refractivity contribution in [1.82, 2.24) is 10.2 Å². The van der Waals surface area contributed by atoms with Crippen LogP contribution in [0.5, 0.6) is 0 Å². The molecule has 0 bridgehead atoms. The van der Waals surface area contributed by atoms with Crippen LogP contribution in [0, 0.1) is 0 Å². The molecule has 0 unspecified atom stereocenters. The normalized spacial score (nSPS) is 11.7. The number of hydrogen-bond acceptors (Lipinski definition) is 6. The van der Waals surface area contributed by atoms with Crippen LogP contribution < -0.4 is 5.32 Å². The van der Waals surface area contributed by atoms with Crippen molar-refractivity contribution < 1.29 is 19.1 Å². The fourth-order valence-corrected chi connectivity index (χ4v) is 3.82. The van der Waals surface area contributed by atoms with Crippen molar-refractivity contribution in [2.24, 2.45) is 0 Å². The summed E-state index contributed by atoms with van der Waals surface area (Å²) in [5.41, 5.74) is 0. The number of thioether (sulfide) groups is 1. The molecule has 6 nitrogen and oxygen atoms in total. The lowest BCUT2D eigenvalue weighted by Gasteiger charge is -2.16. The number of esters is 1. The quantitative estimate of drug-likeness (QED) is 0.740. The van der Waals surface area contributed by atoms with Crippen molar-refractivity contribution in [3.8, 4) is 0 Å². The van der Waals surface area contributed by atoms with E-state index in [9.17, 15) is 14.4 Å². The minimum atomic E-state index is -1.02. The first-order chi connectivity index (χ1) is 10.7. The Morgan fingerprint density at radius 3 is 2.30 bits per heavy atom. The maximum atomic E-state index is 12.2. The molecule has 1 aromatic heterocycles. The Bertz CT molecular complexity index is 622. The Labute approximate surface area is 156 Å². The summed E-state index contributed by atoms with van der Waals surface area (Å²) in [7, 11) is 4.35. The van der Waals surface area contributed by atoms with Gasteiger partial charge in [0.1, 0.15) is 15.3 Å². The average Bonchev–Trinajstić information content (AvgIpc) is 2.77. The summed E-state index contributed by atoms with van der Waals surface area (Å²) in [5, 5.41) is 2.30. The van der Waals surface area contributed by atoms with E-state index in [1.54, 1.807) is 14.1 Å². The maximum Gasteiger partial charge on any atom is 0.329 e. The van der Waals surface area contributed by atoms with E-state index in [2.05, 4.69) is 10.1 Å². The molecule has 0 radical (unpaired) electrons. The van der Waals surface area contributed by atoms with Crippen LogP contribution in [0.15, 0.2) is 0 Å². The Morgan fingerprint density at radius 1 is 1.26 bits per heavy atom. The van der Waals surface area contributed by atoms with Crippen LogP contribution in [-0.4, -0.2) is 55.0 Å². The summed E-state index contributed by atoms with van der Waals surface area (Å²) in [4.78, 5) is 37.0. The molecule has 23 heavy (non-hydrogen) atoms. The van der Waals surface area contributed by atoms with Gasteiger partial charge in [0, 0.05) is 19.8 Å². The van der Waals surface area contributed by atoms with Crippen molar-refractivity contribution in [2.45, 2.75) is 6.04 Å². The van der Waals surface area contributed by atoms with Gasteiger partial charge in [-0.1, -0.05) is 46.6 Å². The van der Waals surface area contributed by atoms with Gasteiger partial charge in [-0.25, -0.2) is 4.79 Å². The highest BCUT2D eigenvalue weighted by Crippen LogP contribution is 2.40. The molecule has 0 aliphatic heterocycles. The average molecular weight is 420 g/mol. The standard InChI is InChI=1S/C12H13Cl3N2O4S2/c1-17(2)12(20)22-4-5(11(19)21-3)16-10(18)8-6(13)7(14)9(15)23-8/h5H,4H2,1-3H3,(H,16,18)/t5-/m0/s1. The fourth-order valence-electron chi connectivity index (χ4n) is 1.33. The third-order valence-corrected chi connectivity index (χ3v) is 6.18. The van der Waals surface area contributed by atoms with Gasteiger partial charge in [-0.05, 0) is 0 Å². The minimum absolute atomic E-state index is 0.0137. The summed E-state index contributed by atoms with van der Waals surface area (Å²) in [6, 6.07) is -1.02. The smallest absolute Gasteiger partial charge is 0.329 e. The van der Waals surface area contributed by atoms with E-state index in [-0.39, 0.29) is 30.3 Å². The summed E-state index contributed by atoms with van der Waals surface area (Å²) in [6.45, 7) is 0. The van der Waals surface area contributed by atoms with Gasteiger partial charge in [-0.2, -0.15) is 0 Å². The second-order valence-electron chi connectivity index (χ2n) is 4.35. The number of ether oxygens (including phenoxy) is 1. The number of thiophene rings is 1. The first-order valence-electron chi connectivity index (χ1n) is 6.05. The number of nitrogens with one attached hydrogen (secondary N) is 1. The van der Waals surface area contributed by atoms with E-state index in [0.717, 1.165) is 23.1 Å². The summed E-state index contributed by atoms with van der Waals surface area (Å²) in [6.07, 6.45) is 0. The van der Waals surface area contributed by atoms with Gasteiger partial charge in [0.25, 0.3) is 11.1 Å². The van der Waals surface area contributed by atoms with Crippen molar-refractivity contribution in [3.05, 3.63) is 19.3 Å². The number of methoxy groups -OCH3 is 1. The molecule has 1 N–H and O–H groups in total. The van der Waals surface area contributed by atoms with Crippen molar-refractivity contribution in [1.29, 1.82) is 0 Å². The van der Waals surface area contributed by atoms with Gasteiger partial charge in [-0.3, -0.25) is 9.59 Å². The summed E-state index contributed by atoms with van der Waals surface area (Å²) < 4.78 is 4.80. The Hall–Kier alpha value is -0.670. The van der Waals surface area contributed by atoms with E-state index in [0.29, 0.717) is 0 Å². The number of rotatable bonds is 5. The molecule has 2 amide bonds. The van der Waals surface area contributed by atoms with Crippen molar-refractivity contribution in [2.75, 3.05) is 27.0 Å². The van der Waals surface area contributed by atoms with Gasteiger partial charge in [0.15, 0.2) is 0 Å². The molecule has 0 saturated carbocycles.